The van der Waals surface area contributed by atoms with E-state index in [2.05, 4.69) is 15.0 Å². The van der Waals surface area contributed by atoms with Crippen LogP contribution in [-0.2, 0) is 26.9 Å². The van der Waals surface area contributed by atoms with Gasteiger partial charge in [0.25, 0.3) is 0 Å². The molecule has 2 fully saturated rings. The van der Waals surface area contributed by atoms with E-state index in [1.54, 1.807) is 44.3 Å². The van der Waals surface area contributed by atoms with E-state index in [1.165, 1.54) is 17.0 Å². The lowest BCUT2D eigenvalue weighted by Crippen LogP contribution is -2.41. The Morgan fingerprint density at radius 1 is 1.22 bits per heavy atom. The van der Waals surface area contributed by atoms with Gasteiger partial charge < -0.3 is 9.64 Å². The number of hydrogen-bond donors (Lipinski definition) is 2. The topological polar surface area (TPSA) is 118 Å². The van der Waals surface area contributed by atoms with Gasteiger partial charge in [-0.15, -0.1) is 0 Å². The zero-order chi connectivity index (χ0) is 22.9. The number of rotatable bonds is 9. The van der Waals surface area contributed by atoms with E-state index in [4.69, 9.17) is 4.74 Å². The summed E-state index contributed by atoms with van der Waals surface area (Å²) in [5.41, 5.74) is 0.272. The maximum absolute atomic E-state index is 13.0. The molecule has 1 aliphatic carbocycles. The number of amides is 3. The third kappa shape index (κ3) is 5.25. The van der Waals surface area contributed by atoms with Gasteiger partial charge in [0.2, 0.25) is 15.9 Å². The average molecular weight is 459 g/mol. The Kier molecular flexibility index (Phi) is 5.91. The first-order chi connectivity index (χ1) is 15.1. The maximum Gasteiger partial charge on any atom is 0.324 e. The zero-order valence-electron chi connectivity index (χ0n) is 18.0. The van der Waals surface area contributed by atoms with Crippen molar-refractivity contribution in [2.24, 2.45) is 5.92 Å². The number of nitrogens with zero attached hydrogens (tertiary/aromatic N) is 2. The number of carbonyl (C=O) groups excluding carboxylic acids is 2. The van der Waals surface area contributed by atoms with E-state index in [0.29, 0.717) is 24.0 Å². The summed E-state index contributed by atoms with van der Waals surface area (Å²) < 4.78 is 34.4. The van der Waals surface area contributed by atoms with Crippen LogP contribution in [0.2, 0.25) is 0 Å². The molecular weight excluding hydrogens is 432 g/mol. The van der Waals surface area contributed by atoms with E-state index in [-0.39, 0.29) is 23.9 Å². The molecule has 2 heterocycles. The highest BCUT2D eigenvalue weighted by atomic mass is 32.2. The van der Waals surface area contributed by atoms with Crippen molar-refractivity contribution < 1.29 is 22.7 Å². The molecule has 2 N–H and O–H groups in total. The maximum atomic E-state index is 13.0. The van der Waals surface area contributed by atoms with Gasteiger partial charge in [0, 0.05) is 18.8 Å². The summed E-state index contributed by atoms with van der Waals surface area (Å²) in [7, 11) is -3.82. The molecule has 2 aliphatic rings. The normalized spacial score (nSPS) is 16.9. The van der Waals surface area contributed by atoms with Crippen LogP contribution in [0.25, 0.3) is 0 Å². The van der Waals surface area contributed by atoms with Crippen molar-refractivity contribution in [1.82, 2.24) is 19.9 Å². The minimum Gasteiger partial charge on any atom is -0.493 e. The summed E-state index contributed by atoms with van der Waals surface area (Å²) in [5.74, 6) is 0.767. The summed E-state index contributed by atoms with van der Waals surface area (Å²) in [4.78, 5) is 28.9. The number of imide groups is 1. The van der Waals surface area contributed by atoms with Crippen LogP contribution in [-0.4, -0.2) is 43.4 Å². The van der Waals surface area contributed by atoms with Crippen LogP contribution in [0.1, 0.15) is 37.9 Å². The van der Waals surface area contributed by atoms with Gasteiger partial charge in [-0.3, -0.25) is 15.1 Å². The summed E-state index contributed by atoms with van der Waals surface area (Å²) in [6.45, 7) is 4.31. The Hall–Kier alpha value is -2.98. The zero-order valence-corrected chi connectivity index (χ0v) is 18.8. The second kappa shape index (κ2) is 8.51. The lowest BCUT2D eigenvalue weighted by molar-refractivity contribution is -0.118. The smallest absolute Gasteiger partial charge is 0.324 e. The molecule has 0 radical (unpaired) electrons. The van der Waals surface area contributed by atoms with Gasteiger partial charge in [-0.25, -0.2) is 13.2 Å². The molecule has 9 nitrogen and oxygen atoms in total. The fourth-order valence-corrected chi connectivity index (χ4v) is 4.82. The molecule has 1 aliphatic heterocycles. The summed E-state index contributed by atoms with van der Waals surface area (Å²) in [6, 6.07) is 9.51. The molecule has 2 aromatic rings. The SMILES string of the molecule is CC(C)(NS(=O)(=O)c1cccc(OCC2CC2)c1)c1ccc(CN2CC(=O)NC2=O)cn1. The Balaban J connectivity index is 1.44. The molecule has 0 spiro atoms. The third-order valence-corrected chi connectivity index (χ3v) is 7.05. The van der Waals surface area contributed by atoms with Gasteiger partial charge >= 0.3 is 6.03 Å². The quantitative estimate of drug-likeness (QED) is 0.556. The second-order valence-corrected chi connectivity index (χ2v) is 10.4. The fourth-order valence-electron chi connectivity index (χ4n) is 3.40. The molecule has 0 atom stereocenters. The summed E-state index contributed by atoms with van der Waals surface area (Å²) in [5, 5.41) is 2.23. The van der Waals surface area contributed by atoms with Crippen molar-refractivity contribution in [1.29, 1.82) is 0 Å². The predicted octanol–water partition coefficient (Wildman–Crippen LogP) is 2.14. The molecule has 0 bridgehead atoms. The number of nitrogens with one attached hydrogen (secondary N) is 2. The lowest BCUT2D eigenvalue weighted by atomic mass is 10.0. The average Bonchev–Trinajstić information content (AvgIpc) is 3.51. The van der Waals surface area contributed by atoms with Crippen molar-refractivity contribution in [2.45, 2.75) is 43.7 Å². The van der Waals surface area contributed by atoms with Crippen molar-refractivity contribution in [3.8, 4) is 5.75 Å². The third-order valence-electron chi connectivity index (χ3n) is 5.39. The minimum atomic E-state index is -3.82. The predicted molar refractivity (Wildman–Crippen MR) is 116 cm³/mol. The van der Waals surface area contributed by atoms with Crippen LogP contribution in [0.3, 0.4) is 0 Å². The largest absolute Gasteiger partial charge is 0.493 e. The number of aromatic nitrogens is 1. The van der Waals surface area contributed by atoms with E-state index < -0.39 is 21.6 Å². The monoisotopic (exact) mass is 458 g/mol. The number of carbonyl (C=O) groups is 2. The van der Waals surface area contributed by atoms with Gasteiger partial charge in [-0.2, -0.15) is 4.72 Å². The van der Waals surface area contributed by atoms with Gasteiger partial charge in [0.15, 0.2) is 0 Å². The Morgan fingerprint density at radius 3 is 2.62 bits per heavy atom. The molecule has 10 heteroatoms. The van der Waals surface area contributed by atoms with Crippen LogP contribution < -0.4 is 14.8 Å². The van der Waals surface area contributed by atoms with Crippen LogP contribution in [0.4, 0.5) is 4.79 Å². The number of pyridine rings is 1. The second-order valence-electron chi connectivity index (χ2n) is 8.72. The molecule has 1 aromatic carbocycles. The van der Waals surface area contributed by atoms with Crippen LogP contribution in [0.5, 0.6) is 5.75 Å². The molecular formula is C22H26N4O5S. The first-order valence-corrected chi connectivity index (χ1v) is 11.9. The van der Waals surface area contributed by atoms with Gasteiger partial charge in [-0.1, -0.05) is 12.1 Å². The number of benzene rings is 1. The van der Waals surface area contributed by atoms with Crippen molar-refractivity contribution in [3.05, 3.63) is 53.9 Å². The van der Waals surface area contributed by atoms with Crippen molar-refractivity contribution >= 4 is 22.0 Å². The highest BCUT2D eigenvalue weighted by Gasteiger charge is 2.30. The first kappa shape index (κ1) is 22.2. The van der Waals surface area contributed by atoms with E-state index in [1.807, 2.05) is 0 Å². The lowest BCUT2D eigenvalue weighted by Gasteiger charge is -2.26. The number of ether oxygens (including phenoxy) is 1. The minimum absolute atomic E-state index is 0.00924. The highest BCUT2D eigenvalue weighted by molar-refractivity contribution is 7.89. The van der Waals surface area contributed by atoms with Crippen LogP contribution in [0, 0.1) is 5.92 Å². The fraction of sp³-hybridized carbons (Fsp3) is 0.409. The van der Waals surface area contributed by atoms with Crippen LogP contribution in [0.15, 0.2) is 47.5 Å². The Bertz CT molecular complexity index is 1130. The number of sulfonamides is 1. The molecule has 0 unspecified atom stereocenters. The van der Waals surface area contributed by atoms with Gasteiger partial charge in [0.1, 0.15) is 12.3 Å². The van der Waals surface area contributed by atoms with Crippen LogP contribution >= 0.6 is 0 Å². The van der Waals surface area contributed by atoms with Gasteiger partial charge in [-0.05, 0) is 56.4 Å². The van der Waals surface area contributed by atoms with E-state index in [9.17, 15) is 18.0 Å². The summed E-state index contributed by atoms with van der Waals surface area (Å²) >= 11 is 0. The Morgan fingerprint density at radius 2 is 2.00 bits per heavy atom. The molecule has 4 rings (SSSR count). The molecule has 170 valence electrons. The number of hydrogen-bond acceptors (Lipinski definition) is 6. The highest BCUT2D eigenvalue weighted by Crippen LogP contribution is 2.30. The molecule has 1 saturated heterocycles. The molecule has 1 aromatic heterocycles. The number of urea groups is 1. The first-order valence-electron chi connectivity index (χ1n) is 10.4. The van der Waals surface area contributed by atoms with Crippen molar-refractivity contribution in [3.63, 3.8) is 0 Å². The molecule has 3 amide bonds. The van der Waals surface area contributed by atoms with Gasteiger partial charge in [0.05, 0.1) is 22.7 Å². The Labute approximate surface area is 187 Å². The van der Waals surface area contributed by atoms with Crippen molar-refractivity contribution in [2.75, 3.05) is 13.2 Å². The van der Waals surface area contributed by atoms with E-state index >= 15 is 0 Å². The standard InChI is InChI=1S/C22H26N4O5S/c1-22(2,19-9-8-16(11-23-19)12-26-13-20(27)24-21(26)28)25-32(29,30)18-5-3-4-17(10-18)31-14-15-6-7-15/h3-5,8-11,15,25H,6-7,12-14H2,1-2H3,(H,24,27,28). The molecule has 32 heavy (non-hydrogen) atoms. The van der Waals surface area contributed by atoms with E-state index in [0.717, 1.165) is 18.4 Å². The molecule has 1 saturated carbocycles. The summed E-state index contributed by atoms with van der Waals surface area (Å²) in [6.07, 6.45) is 3.89.